The maximum atomic E-state index is 4.80. The third-order valence-corrected chi connectivity index (χ3v) is 5.88. The number of hydrogen-bond donors (Lipinski definition) is 2. The molecule has 2 aliphatic rings. The summed E-state index contributed by atoms with van der Waals surface area (Å²) in [5.74, 6) is 0.908. The zero-order chi connectivity index (χ0) is 19.8. The van der Waals surface area contributed by atoms with Crippen molar-refractivity contribution in [1.29, 1.82) is 0 Å². The summed E-state index contributed by atoms with van der Waals surface area (Å²) >= 11 is 0. The summed E-state index contributed by atoms with van der Waals surface area (Å²) in [5.41, 5.74) is 2.67. The van der Waals surface area contributed by atoms with E-state index in [2.05, 4.69) is 70.6 Å². The molecule has 1 aromatic rings. The van der Waals surface area contributed by atoms with Crippen LogP contribution in [0.15, 0.2) is 29.3 Å². The molecular formula is C22H38N6. The van der Waals surface area contributed by atoms with Gasteiger partial charge in [0.1, 0.15) is 0 Å². The maximum absolute atomic E-state index is 4.80. The molecule has 2 heterocycles. The number of nitrogens with zero attached hydrogens (tertiary/aromatic N) is 4. The van der Waals surface area contributed by atoms with Gasteiger partial charge >= 0.3 is 0 Å². The van der Waals surface area contributed by atoms with Crippen molar-refractivity contribution < 1.29 is 0 Å². The van der Waals surface area contributed by atoms with Crippen LogP contribution in [0.2, 0.25) is 0 Å². The van der Waals surface area contributed by atoms with E-state index < -0.39 is 0 Å². The molecule has 2 N–H and O–H groups in total. The number of rotatable bonds is 7. The minimum atomic E-state index is 0.521. The molecule has 1 aromatic carbocycles. The largest absolute Gasteiger partial charge is 0.357 e. The number of likely N-dealkylation sites (tertiary alicyclic amines) is 1. The number of guanidine groups is 1. The van der Waals surface area contributed by atoms with Gasteiger partial charge in [-0.2, -0.15) is 0 Å². The van der Waals surface area contributed by atoms with Crippen LogP contribution in [0.3, 0.4) is 0 Å². The lowest BCUT2D eigenvalue weighted by atomic mass is 10.1. The first kappa shape index (κ1) is 21.1. The Labute approximate surface area is 171 Å². The second kappa shape index (κ2) is 10.8. The number of hydrogen-bond acceptors (Lipinski definition) is 4. The highest BCUT2D eigenvalue weighted by atomic mass is 15.3. The average molecular weight is 387 g/mol. The monoisotopic (exact) mass is 386 g/mol. The summed E-state index contributed by atoms with van der Waals surface area (Å²) in [6.07, 6.45) is 2.69. The first-order chi connectivity index (χ1) is 13.6. The van der Waals surface area contributed by atoms with E-state index in [4.69, 9.17) is 4.99 Å². The number of likely N-dealkylation sites (N-methyl/N-ethyl adjacent to an activating group) is 2. The second-order valence-corrected chi connectivity index (χ2v) is 8.27. The third kappa shape index (κ3) is 6.47. The Morgan fingerprint density at radius 1 is 1.00 bits per heavy atom. The van der Waals surface area contributed by atoms with Gasteiger partial charge in [-0.15, -0.1) is 0 Å². The molecule has 2 aliphatic heterocycles. The highest BCUT2D eigenvalue weighted by molar-refractivity contribution is 5.79. The van der Waals surface area contributed by atoms with Crippen LogP contribution < -0.4 is 10.6 Å². The zero-order valence-corrected chi connectivity index (χ0v) is 18.0. The molecule has 156 valence electrons. The van der Waals surface area contributed by atoms with Crippen LogP contribution in [-0.2, 0) is 13.1 Å². The predicted molar refractivity (Wildman–Crippen MR) is 118 cm³/mol. The fourth-order valence-corrected chi connectivity index (χ4v) is 4.00. The van der Waals surface area contributed by atoms with E-state index in [0.29, 0.717) is 12.6 Å². The van der Waals surface area contributed by atoms with Gasteiger partial charge in [-0.05, 0) is 58.1 Å². The number of benzene rings is 1. The lowest BCUT2D eigenvalue weighted by Gasteiger charge is -2.37. The smallest absolute Gasteiger partial charge is 0.191 e. The van der Waals surface area contributed by atoms with Crippen LogP contribution in [0.1, 0.15) is 30.9 Å². The molecule has 2 saturated heterocycles. The Morgan fingerprint density at radius 2 is 1.71 bits per heavy atom. The van der Waals surface area contributed by atoms with Gasteiger partial charge in [0.05, 0.1) is 6.54 Å². The standard InChI is InChI=1S/C22H38N6/c1-4-23-22(25-16-21-18-26(2)13-14-27(21)3)24-15-19-7-9-20(10-8-19)17-28-11-5-6-12-28/h7-10,21H,4-6,11-18H2,1-3H3,(H2,23,24,25). The van der Waals surface area contributed by atoms with Crippen molar-refractivity contribution in [2.75, 3.05) is 59.9 Å². The zero-order valence-electron chi connectivity index (χ0n) is 18.0. The highest BCUT2D eigenvalue weighted by Crippen LogP contribution is 2.13. The molecule has 6 heteroatoms. The van der Waals surface area contributed by atoms with Gasteiger partial charge in [0.25, 0.3) is 0 Å². The number of piperazine rings is 1. The van der Waals surface area contributed by atoms with Gasteiger partial charge < -0.3 is 15.5 Å². The van der Waals surface area contributed by atoms with E-state index in [0.717, 1.165) is 45.2 Å². The molecule has 3 rings (SSSR count). The van der Waals surface area contributed by atoms with E-state index >= 15 is 0 Å². The lowest BCUT2D eigenvalue weighted by molar-refractivity contribution is 0.116. The summed E-state index contributed by atoms with van der Waals surface area (Å²) in [6, 6.07) is 9.49. The van der Waals surface area contributed by atoms with E-state index in [-0.39, 0.29) is 0 Å². The van der Waals surface area contributed by atoms with Gasteiger partial charge in [-0.25, -0.2) is 4.99 Å². The molecule has 1 unspecified atom stereocenters. The fourth-order valence-electron chi connectivity index (χ4n) is 4.00. The first-order valence-electron chi connectivity index (χ1n) is 10.8. The van der Waals surface area contributed by atoms with Crippen molar-refractivity contribution >= 4 is 5.96 Å². The van der Waals surface area contributed by atoms with Gasteiger partial charge in [0.15, 0.2) is 5.96 Å². The topological polar surface area (TPSA) is 46.1 Å². The number of nitrogens with one attached hydrogen (secondary N) is 2. The third-order valence-electron chi connectivity index (χ3n) is 5.88. The molecular weight excluding hydrogens is 348 g/mol. The van der Waals surface area contributed by atoms with Crippen LogP contribution in [-0.4, -0.2) is 86.6 Å². The highest BCUT2D eigenvalue weighted by Gasteiger charge is 2.22. The van der Waals surface area contributed by atoms with E-state index in [1.165, 1.54) is 37.1 Å². The summed E-state index contributed by atoms with van der Waals surface area (Å²) in [4.78, 5) is 12.2. The SMILES string of the molecule is CCNC(=NCc1ccc(CN2CCCC2)cc1)NCC1CN(C)CCN1C. The lowest BCUT2D eigenvalue weighted by Crippen LogP contribution is -2.55. The molecule has 0 saturated carbocycles. The Balaban J connectivity index is 1.50. The van der Waals surface area contributed by atoms with Gasteiger partial charge in [0.2, 0.25) is 0 Å². The Hall–Kier alpha value is -1.63. The van der Waals surface area contributed by atoms with Crippen molar-refractivity contribution in [1.82, 2.24) is 25.3 Å². The van der Waals surface area contributed by atoms with Crippen LogP contribution in [0, 0.1) is 0 Å². The predicted octanol–water partition coefficient (Wildman–Crippen LogP) is 1.58. The molecule has 0 aromatic heterocycles. The van der Waals surface area contributed by atoms with Crippen molar-refractivity contribution in [2.24, 2.45) is 4.99 Å². The van der Waals surface area contributed by atoms with Crippen LogP contribution in [0.25, 0.3) is 0 Å². The minimum absolute atomic E-state index is 0.521. The van der Waals surface area contributed by atoms with Gasteiger partial charge in [-0.1, -0.05) is 24.3 Å². The van der Waals surface area contributed by atoms with Crippen LogP contribution in [0.5, 0.6) is 0 Å². The molecule has 1 atom stereocenters. The Morgan fingerprint density at radius 3 is 2.43 bits per heavy atom. The van der Waals surface area contributed by atoms with Gasteiger partial charge in [-0.3, -0.25) is 9.80 Å². The summed E-state index contributed by atoms with van der Waals surface area (Å²) in [7, 11) is 4.42. The molecule has 28 heavy (non-hydrogen) atoms. The molecule has 0 bridgehead atoms. The van der Waals surface area contributed by atoms with E-state index in [1.807, 2.05) is 0 Å². The van der Waals surface area contributed by atoms with Gasteiger partial charge in [0, 0.05) is 45.3 Å². The van der Waals surface area contributed by atoms with Crippen molar-refractivity contribution in [3.05, 3.63) is 35.4 Å². The maximum Gasteiger partial charge on any atom is 0.191 e. The summed E-state index contributed by atoms with van der Waals surface area (Å²) in [6.45, 7) is 11.6. The normalized spacial score (nSPS) is 22.5. The van der Waals surface area contributed by atoms with Crippen LogP contribution in [0.4, 0.5) is 0 Å². The number of aliphatic imine (C=N–C) groups is 1. The summed E-state index contributed by atoms with van der Waals surface area (Å²) < 4.78 is 0. The minimum Gasteiger partial charge on any atom is -0.357 e. The molecule has 0 amide bonds. The summed E-state index contributed by atoms with van der Waals surface area (Å²) in [5, 5.41) is 6.91. The molecule has 0 aliphatic carbocycles. The van der Waals surface area contributed by atoms with Crippen molar-refractivity contribution in [3.63, 3.8) is 0 Å². The van der Waals surface area contributed by atoms with E-state index in [9.17, 15) is 0 Å². The molecule has 6 nitrogen and oxygen atoms in total. The van der Waals surface area contributed by atoms with Crippen molar-refractivity contribution in [3.8, 4) is 0 Å². The second-order valence-electron chi connectivity index (χ2n) is 8.27. The quantitative estimate of drug-likeness (QED) is 0.550. The van der Waals surface area contributed by atoms with Crippen molar-refractivity contribution in [2.45, 2.75) is 38.9 Å². The Bertz CT molecular complexity index is 608. The average Bonchev–Trinajstić information content (AvgIpc) is 3.20. The van der Waals surface area contributed by atoms with E-state index in [1.54, 1.807) is 0 Å². The molecule has 0 spiro atoms. The first-order valence-corrected chi connectivity index (χ1v) is 10.8. The molecule has 2 fully saturated rings. The fraction of sp³-hybridized carbons (Fsp3) is 0.682. The van der Waals surface area contributed by atoms with Crippen LogP contribution >= 0.6 is 0 Å². The Kier molecular flexibility index (Phi) is 8.13. The molecule has 0 radical (unpaired) electrons.